The summed E-state index contributed by atoms with van der Waals surface area (Å²) in [6.45, 7) is 14.0. The van der Waals surface area contributed by atoms with Crippen molar-refractivity contribution in [2.24, 2.45) is 0 Å². The third kappa shape index (κ3) is 5.04. The lowest BCUT2D eigenvalue weighted by molar-refractivity contribution is 0.204. The van der Waals surface area contributed by atoms with Crippen LogP contribution in [-0.2, 0) is 13.1 Å². The SMILES string of the molecule is CCC(C)N(CC)Cc1csc(CNC(C)C)n1. The lowest BCUT2D eigenvalue weighted by atomic mass is 10.2. The Bertz CT molecular complexity index is 336. The summed E-state index contributed by atoms with van der Waals surface area (Å²) < 4.78 is 0. The standard InChI is InChI=1S/C14H27N3S/c1-6-12(5)17(7-2)9-13-10-18-14(16-13)8-15-11(3)4/h10-12,15H,6-9H2,1-5H3. The van der Waals surface area contributed by atoms with Crippen LogP contribution in [0.2, 0.25) is 0 Å². The van der Waals surface area contributed by atoms with Gasteiger partial charge in [-0.1, -0.05) is 27.7 Å². The molecular weight excluding hydrogens is 242 g/mol. The zero-order chi connectivity index (χ0) is 13.5. The maximum absolute atomic E-state index is 4.70. The maximum Gasteiger partial charge on any atom is 0.107 e. The first-order valence-electron chi connectivity index (χ1n) is 6.97. The van der Waals surface area contributed by atoms with Gasteiger partial charge in [-0.25, -0.2) is 4.98 Å². The molecule has 0 aliphatic carbocycles. The van der Waals surface area contributed by atoms with Crippen LogP contribution in [0.5, 0.6) is 0 Å². The van der Waals surface area contributed by atoms with E-state index in [-0.39, 0.29) is 0 Å². The molecule has 1 unspecified atom stereocenters. The van der Waals surface area contributed by atoms with Crippen molar-refractivity contribution in [2.75, 3.05) is 6.54 Å². The molecule has 1 rings (SSSR count). The largest absolute Gasteiger partial charge is 0.308 e. The van der Waals surface area contributed by atoms with Crippen molar-refractivity contribution in [3.63, 3.8) is 0 Å². The van der Waals surface area contributed by atoms with E-state index >= 15 is 0 Å². The van der Waals surface area contributed by atoms with Gasteiger partial charge in [0.15, 0.2) is 0 Å². The van der Waals surface area contributed by atoms with Gasteiger partial charge in [0, 0.05) is 30.6 Å². The summed E-state index contributed by atoms with van der Waals surface area (Å²) in [4.78, 5) is 7.18. The molecule has 0 saturated carbocycles. The highest BCUT2D eigenvalue weighted by molar-refractivity contribution is 7.09. The summed E-state index contributed by atoms with van der Waals surface area (Å²) >= 11 is 1.76. The second-order valence-electron chi connectivity index (χ2n) is 5.09. The Morgan fingerprint density at radius 1 is 1.33 bits per heavy atom. The molecule has 0 aromatic carbocycles. The van der Waals surface area contributed by atoms with Crippen LogP contribution in [0.3, 0.4) is 0 Å². The number of hydrogen-bond acceptors (Lipinski definition) is 4. The topological polar surface area (TPSA) is 28.2 Å². The minimum absolute atomic E-state index is 0.518. The molecule has 3 nitrogen and oxygen atoms in total. The van der Waals surface area contributed by atoms with Crippen molar-refractivity contribution in [1.82, 2.24) is 15.2 Å². The molecule has 104 valence electrons. The number of nitrogens with zero attached hydrogens (tertiary/aromatic N) is 2. The number of rotatable bonds is 8. The van der Waals surface area contributed by atoms with Crippen LogP contribution in [0.15, 0.2) is 5.38 Å². The molecule has 4 heteroatoms. The van der Waals surface area contributed by atoms with Gasteiger partial charge in [-0.05, 0) is 19.9 Å². The molecule has 18 heavy (non-hydrogen) atoms. The van der Waals surface area contributed by atoms with E-state index in [1.54, 1.807) is 11.3 Å². The van der Waals surface area contributed by atoms with E-state index in [4.69, 9.17) is 4.98 Å². The summed E-state index contributed by atoms with van der Waals surface area (Å²) in [7, 11) is 0. The van der Waals surface area contributed by atoms with Crippen LogP contribution in [0, 0.1) is 0 Å². The van der Waals surface area contributed by atoms with Gasteiger partial charge < -0.3 is 5.32 Å². The Hall–Kier alpha value is -0.450. The predicted octanol–water partition coefficient (Wildman–Crippen LogP) is 3.26. The van der Waals surface area contributed by atoms with Gasteiger partial charge in [0.25, 0.3) is 0 Å². The molecule has 1 heterocycles. The van der Waals surface area contributed by atoms with Gasteiger partial charge in [0.2, 0.25) is 0 Å². The first-order valence-corrected chi connectivity index (χ1v) is 7.85. The van der Waals surface area contributed by atoms with Gasteiger partial charge >= 0.3 is 0 Å². The van der Waals surface area contributed by atoms with Crippen LogP contribution >= 0.6 is 11.3 Å². The van der Waals surface area contributed by atoms with Crippen molar-refractivity contribution in [3.8, 4) is 0 Å². The highest BCUT2D eigenvalue weighted by atomic mass is 32.1. The van der Waals surface area contributed by atoms with E-state index in [0.29, 0.717) is 12.1 Å². The second kappa shape index (κ2) is 7.87. The van der Waals surface area contributed by atoms with Crippen molar-refractivity contribution < 1.29 is 0 Å². The third-order valence-electron chi connectivity index (χ3n) is 3.25. The molecule has 0 amide bonds. The number of thiazole rings is 1. The zero-order valence-corrected chi connectivity index (χ0v) is 13.2. The first kappa shape index (κ1) is 15.6. The maximum atomic E-state index is 4.70. The highest BCUT2D eigenvalue weighted by Crippen LogP contribution is 2.14. The molecule has 1 atom stereocenters. The van der Waals surface area contributed by atoms with Crippen molar-refractivity contribution in [2.45, 2.75) is 66.2 Å². The van der Waals surface area contributed by atoms with E-state index in [1.165, 1.54) is 17.1 Å². The summed E-state index contributed by atoms with van der Waals surface area (Å²) in [5, 5.41) is 6.80. The molecule has 1 aromatic heterocycles. The minimum atomic E-state index is 0.518. The third-order valence-corrected chi connectivity index (χ3v) is 4.14. The average molecular weight is 269 g/mol. The fourth-order valence-corrected chi connectivity index (χ4v) is 2.58. The van der Waals surface area contributed by atoms with Gasteiger partial charge in [0.1, 0.15) is 5.01 Å². The average Bonchev–Trinajstić information content (AvgIpc) is 2.80. The smallest absolute Gasteiger partial charge is 0.107 e. The molecule has 1 aromatic rings. The Labute approximate surface area is 116 Å². The fraction of sp³-hybridized carbons (Fsp3) is 0.786. The number of aromatic nitrogens is 1. The minimum Gasteiger partial charge on any atom is -0.308 e. The molecule has 0 radical (unpaired) electrons. The van der Waals surface area contributed by atoms with Crippen LogP contribution in [0.1, 0.15) is 51.7 Å². The van der Waals surface area contributed by atoms with Crippen LogP contribution in [0.25, 0.3) is 0 Å². The Morgan fingerprint density at radius 2 is 2.06 bits per heavy atom. The Kier molecular flexibility index (Phi) is 6.82. The Morgan fingerprint density at radius 3 is 2.61 bits per heavy atom. The highest BCUT2D eigenvalue weighted by Gasteiger charge is 2.12. The molecule has 0 aliphatic heterocycles. The zero-order valence-electron chi connectivity index (χ0n) is 12.4. The van der Waals surface area contributed by atoms with Crippen LogP contribution < -0.4 is 5.32 Å². The summed E-state index contributed by atoms with van der Waals surface area (Å²) in [5.74, 6) is 0. The predicted molar refractivity (Wildman–Crippen MR) is 79.9 cm³/mol. The summed E-state index contributed by atoms with van der Waals surface area (Å²) in [6.07, 6.45) is 1.19. The molecule has 0 spiro atoms. The Balaban J connectivity index is 2.51. The van der Waals surface area contributed by atoms with Gasteiger partial charge in [-0.15, -0.1) is 11.3 Å². The molecular formula is C14H27N3S. The monoisotopic (exact) mass is 269 g/mol. The van der Waals surface area contributed by atoms with E-state index in [0.717, 1.165) is 19.6 Å². The van der Waals surface area contributed by atoms with Gasteiger partial charge in [-0.2, -0.15) is 0 Å². The normalized spacial score (nSPS) is 13.5. The van der Waals surface area contributed by atoms with Crippen LogP contribution in [-0.4, -0.2) is 28.5 Å². The van der Waals surface area contributed by atoms with E-state index in [1.807, 2.05) is 0 Å². The fourth-order valence-electron chi connectivity index (χ4n) is 1.84. The summed E-state index contributed by atoms with van der Waals surface area (Å²) in [5.41, 5.74) is 1.21. The number of hydrogen-bond donors (Lipinski definition) is 1. The second-order valence-corrected chi connectivity index (χ2v) is 6.03. The van der Waals surface area contributed by atoms with Crippen molar-refractivity contribution in [3.05, 3.63) is 16.1 Å². The van der Waals surface area contributed by atoms with E-state index in [9.17, 15) is 0 Å². The van der Waals surface area contributed by atoms with E-state index in [2.05, 4.69) is 50.2 Å². The lowest BCUT2D eigenvalue weighted by Crippen LogP contribution is -2.32. The van der Waals surface area contributed by atoms with Crippen molar-refractivity contribution in [1.29, 1.82) is 0 Å². The van der Waals surface area contributed by atoms with Gasteiger partial charge in [0.05, 0.1) is 5.69 Å². The van der Waals surface area contributed by atoms with Gasteiger partial charge in [-0.3, -0.25) is 4.90 Å². The molecule has 0 saturated heterocycles. The quantitative estimate of drug-likeness (QED) is 0.785. The molecule has 0 bridgehead atoms. The molecule has 0 aliphatic rings. The first-order chi connectivity index (χ1) is 8.56. The molecule has 0 fully saturated rings. The van der Waals surface area contributed by atoms with Crippen LogP contribution in [0.4, 0.5) is 0 Å². The molecule has 1 N–H and O–H groups in total. The number of nitrogens with one attached hydrogen (secondary N) is 1. The van der Waals surface area contributed by atoms with E-state index < -0.39 is 0 Å². The summed E-state index contributed by atoms with van der Waals surface area (Å²) in [6, 6.07) is 1.15. The van der Waals surface area contributed by atoms with Crippen molar-refractivity contribution >= 4 is 11.3 Å². The lowest BCUT2D eigenvalue weighted by Gasteiger charge is -2.25.